The summed E-state index contributed by atoms with van der Waals surface area (Å²) in [7, 11) is 1.75. The molecule has 0 aliphatic rings. The Kier molecular flexibility index (Phi) is 4.29. The van der Waals surface area contributed by atoms with Gasteiger partial charge in [-0.3, -0.25) is 9.59 Å². The number of carbonyl (C=O) groups is 2. The third kappa shape index (κ3) is 3.27. The van der Waals surface area contributed by atoms with E-state index in [0.29, 0.717) is 11.3 Å². The lowest BCUT2D eigenvalue weighted by Gasteiger charge is -2.18. The molecule has 3 aromatic carbocycles. The van der Waals surface area contributed by atoms with Crippen molar-refractivity contribution >= 4 is 34.0 Å². The maximum absolute atomic E-state index is 12.7. The molecule has 0 heterocycles. The number of hydrogen-bond donors (Lipinski definition) is 1. The Morgan fingerprint density at radius 3 is 2.38 bits per heavy atom. The van der Waals surface area contributed by atoms with Gasteiger partial charge < -0.3 is 10.2 Å². The normalized spacial score (nSPS) is 10.4. The molecule has 1 N–H and O–H groups in total. The zero-order valence-electron chi connectivity index (χ0n) is 13.6. The standard InChI is InChI=1S/C20H18N2O2/c1-14(23)21-18-9-5-8-17(12-18)20(24)22(2)19-11-10-15-6-3-4-7-16(15)13-19/h3-13H,1-2H3,(H,21,23). The van der Waals surface area contributed by atoms with Crippen molar-refractivity contribution < 1.29 is 9.59 Å². The van der Waals surface area contributed by atoms with E-state index in [0.717, 1.165) is 16.5 Å². The maximum atomic E-state index is 12.7. The second-order valence-corrected chi connectivity index (χ2v) is 5.66. The smallest absolute Gasteiger partial charge is 0.258 e. The van der Waals surface area contributed by atoms with Crippen LogP contribution in [0.5, 0.6) is 0 Å². The Hall–Kier alpha value is -3.14. The van der Waals surface area contributed by atoms with E-state index in [1.54, 1.807) is 36.2 Å². The third-order valence-corrected chi connectivity index (χ3v) is 3.85. The lowest BCUT2D eigenvalue weighted by atomic mass is 10.1. The molecule has 0 saturated carbocycles. The van der Waals surface area contributed by atoms with Gasteiger partial charge in [0.2, 0.25) is 5.91 Å². The minimum Gasteiger partial charge on any atom is -0.326 e. The van der Waals surface area contributed by atoms with E-state index < -0.39 is 0 Å². The van der Waals surface area contributed by atoms with Crippen LogP contribution in [0.15, 0.2) is 66.7 Å². The first kappa shape index (κ1) is 15.7. The molecule has 2 amide bonds. The molecule has 0 radical (unpaired) electrons. The average Bonchev–Trinajstić information content (AvgIpc) is 2.59. The number of nitrogens with zero attached hydrogens (tertiary/aromatic N) is 1. The fraction of sp³-hybridized carbons (Fsp3) is 0.100. The Morgan fingerprint density at radius 1 is 0.875 bits per heavy atom. The van der Waals surface area contributed by atoms with Crippen molar-refractivity contribution in [2.75, 3.05) is 17.3 Å². The number of rotatable bonds is 3. The average molecular weight is 318 g/mol. The predicted molar refractivity (Wildman–Crippen MR) is 97.4 cm³/mol. The monoisotopic (exact) mass is 318 g/mol. The molecule has 0 saturated heterocycles. The van der Waals surface area contributed by atoms with Gasteiger partial charge in [0, 0.05) is 30.9 Å². The Balaban J connectivity index is 1.89. The summed E-state index contributed by atoms with van der Waals surface area (Å²) in [5.74, 6) is -0.292. The summed E-state index contributed by atoms with van der Waals surface area (Å²) in [4.78, 5) is 25.5. The zero-order valence-corrected chi connectivity index (χ0v) is 13.6. The van der Waals surface area contributed by atoms with Gasteiger partial charge in [-0.05, 0) is 41.1 Å². The molecule has 3 aromatic rings. The van der Waals surface area contributed by atoms with Crippen LogP contribution in [0.4, 0.5) is 11.4 Å². The Labute approximate surface area is 140 Å². The highest BCUT2D eigenvalue weighted by molar-refractivity contribution is 6.07. The van der Waals surface area contributed by atoms with Crippen LogP contribution in [0.1, 0.15) is 17.3 Å². The summed E-state index contributed by atoms with van der Waals surface area (Å²) < 4.78 is 0. The lowest BCUT2D eigenvalue weighted by Crippen LogP contribution is -2.26. The summed E-state index contributed by atoms with van der Waals surface area (Å²) >= 11 is 0. The number of benzene rings is 3. The predicted octanol–water partition coefficient (Wildman–Crippen LogP) is 4.07. The molecular weight excluding hydrogens is 300 g/mol. The second-order valence-electron chi connectivity index (χ2n) is 5.66. The topological polar surface area (TPSA) is 49.4 Å². The summed E-state index contributed by atoms with van der Waals surface area (Å²) in [5.41, 5.74) is 1.96. The molecule has 0 atom stereocenters. The van der Waals surface area contributed by atoms with Crippen molar-refractivity contribution in [3.05, 3.63) is 72.3 Å². The van der Waals surface area contributed by atoms with Gasteiger partial charge in [-0.25, -0.2) is 0 Å². The van der Waals surface area contributed by atoms with Crippen molar-refractivity contribution in [2.24, 2.45) is 0 Å². The first-order valence-electron chi connectivity index (χ1n) is 7.69. The Morgan fingerprint density at radius 2 is 1.62 bits per heavy atom. The number of nitrogens with one attached hydrogen (secondary N) is 1. The van der Waals surface area contributed by atoms with Gasteiger partial charge >= 0.3 is 0 Å². The molecule has 0 spiro atoms. The molecular formula is C20H18N2O2. The van der Waals surface area contributed by atoms with Crippen LogP contribution in [-0.4, -0.2) is 18.9 Å². The minimum atomic E-state index is -0.164. The van der Waals surface area contributed by atoms with Gasteiger partial charge in [-0.15, -0.1) is 0 Å². The van der Waals surface area contributed by atoms with Crippen molar-refractivity contribution in [1.82, 2.24) is 0 Å². The quantitative estimate of drug-likeness (QED) is 0.791. The summed E-state index contributed by atoms with van der Waals surface area (Å²) in [6.45, 7) is 1.44. The second kappa shape index (κ2) is 6.54. The molecule has 4 nitrogen and oxygen atoms in total. The van der Waals surface area contributed by atoms with Crippen molar-refractivity contribution in [1.29, 1.82) is 0 Å². The van der Waals surface area contributed by atoms with Gasteiger partial charge in [-0.1, -0.05) is 36.4 Å². The Bertz CT molecular complexity index is 918. The lowest BCUT2D eigenvalue weighted by molar-refractivity contribution is -0.114. The van der Waals surface area contributed by atoms with E-state index in [9.17, 15) is 9.59 Å². The van der Waals surface area contributed by atoms with Gasteiger partial charge in [0.25, 0.3) is 5.91 Å². The summed E-state index contributed by atoms with van der Waals surface area (Å²) in [6, 6.07) is 20.9. The third-order valence-electron chi connectivity index (χ3n) is 3.85. The maximum Gasteiger partial charge on any atom is 0.258 e. The number of amides is 2. The number of anilines is 2. The van der Waals surface area contributed by atoms with E-state index in [1.165, 1.54) is 6.92 Å². The van der Waals surface area contributed by atoms with Crippen LogP contribution in [0.2, 0.25) is 0 Å². The fourth-order valence-electron chi connectivity index (χ4n) is 2.63. The highest BCUT2D eigenvalue weighted by atomic mass is 16.2. The van der Waals surface area contributed by atoms with Gasteiger partial charge in [0.15, 0.2) is 0 Å². The number of fused-ring (bicyclic) bond motifs is 1. The van der Waals surface area contributed by atoms with E-state index in [4.69, 9.17) is 0 Å². The SMILES string of the molecule is CC(=O)Nc1cccc(C(=O)N(C)c2ccc3ccccc3c2)c1. The van der Waals surface area contributed by atoms with E-state index in [2.05, 4.69) is 5.32 Å². The molecule has 0 aliphatic heterocycles. The van der Waals surface area contributed by atoms with E-state index in [-0.39, 0.29) is 11.8 Å². The van der Waals surface area contributed by atoms with E-state index >= 15 is 0 Å². The minimum absolute atomic E-state index is 0.127. The van der Waals surface area contributed by atoms with Crippen LogP contribution in [-0.2, 0) is 4.79 Å². The molecule has 0 aliphatic carbocycles. The van der Waals surface area contributed by atoms with Crippen LogP contribution in [0, 0.1) is 0 Å². The summed E-state index contributed by atoms with van der Waals surface area (Å²) in [5, 5.41) is 4.91. The first-order valence-corrected chi connectivity index (χ1v) is 7.69. The largest absolute Gasteiger partial charge is 0.326 e. The molecule has 0 unspecified atom stereocenters. The van der Waals surface area contributed by atoms with E-state index in [1.807, 2.05) is 42.5 Å². The van der Waals surface area contributed by atoms with Crippen LogP contribution in [0.25, 0.3) is 10.8 Å². The highest BCUT2D eigenvalue weighted by Gasteiger charge is 2.14. The summed E-state index contributed by atoms with van der Waals surface area (Å²) in [6.07, 6.45) is 0. The van der Waals surface area contributed by atoms with Crippen LogP contribution < -0.4 is 10.2 Å². The number of hydrogen-bond acceptors (Lipinski definition) is 2. The molecule has 0 fully saturated rings. The van der Waals surface area contributed by atoms with Gasteiger partial charge in [0.1, 0.15) is 0 Å². The van der Waals surface area contributed by atoms with Crippen LogP contribution in [0.3, 0.4) is 0 Å². The molecule has 0 aromatic heterocycles. The molecule has 3 rings (SSSR count). The molecule has 4 heteroatoms. The molecule has 0 bridgehead atoms. The van der Waals surface area contributed by atoms with Crippen molar-refractivity contribution in [3.8, 4) is 0 Å². The first-order chi connectivity index (χ1) is 11.5. The molecule has 120 valence electrons. The molecule has 24 heavy (non-hydrogen) atoms. The van der Waals surface area contributed by atoms with Crippen LogP contribution >= 0.6 is 0 Å². The highest BCUT2D eigenvalue weighted by Crippen LogP contribution is 2.23. The van der Waals surface area contributed by atoms with Gasteiger partial charge in [0.05, 0.1) is 0 Å². The van der Waals surface area contributed by atoms with Gasteiger partial charge in [-0.2, -0.15) is 0 Å². The van der Waals surface area contributed by atoms with Crippen molar-refractivity contribution in [2.45, 2.75) is 6.92 Å². The van der Waals surface area contributed by atoms with Crippen molar-refractivity contribution in [3.63, 3.8) is 0 Å². The fourth-order valence-corrected chi connectivity index (χ4v) is 2.63. The number of carbonyl (C=O) groups excluding carboxylic acids is 2. The zero-order chi connectivity index (χ0) is 17.1.